The molecular formula is C16H12FN3O. The van der Waals surface area contributed by atoms with Gasteiger partial charge in [0.25, 0.3) is 0 Å². The smallest absolute Gasteiger partial charge is 0.228 e. The molecule has 0 saturated carbocycles. The van der Waals surface area contributed by atoms with E-state index in [9.17, 15) is 9.18 Å². The summed E-state index contributed by atoms with van der Waals surface area (Å²) >= 11 is 0. The molecule has 1 heterocycles. The number of fused-ring (bicyclic) bond motifs is 1. The van der Waals surface area contributed by atoms with E-state index in [1.165, 1.54) is 6.07 Å². The zero-order valence-corrected chi connectivity index (χ0v) is 11.1. The van der Waals surface area contributed by atoms with Crippen LogP contribution in [0.2, 0.25) is 0 Å². The lowest BCUT2D eigenvalue weighted by Gasteiger charge is -2.06. The fourth-order valence-corrected chi connectivity index (χ4v) is 2.06. The number of halogens is 1. The van der Waals surface area contributed by atoms with Crippen LogP contribution in [0.4, 0.5) is 10.1 Å². The second kappa shape index (κ2) is 5.66. The van der Waals surface area contributed by atoms with Crippen LogP contribution in [0.25, 0.3) is 11.0 Å². The number of benzene rings is 2. The third-order valence-corrected chi connectivity index (χ3v) is 3.06. The van der Waals surface area contributed by atoms with E-state index in [0.29, 0.717) is 16.8 Å². The zero-order chi connectivity index (χ0) is 14.7. The van der Waals surface area contributed by atoms with Crippen molar-refractivity contribution >= 4 is 22.6 Å². The predicted octanol–water partition coefficient (Wildman–Crippen LogP) is 2.95. The van der Waals surface area contributed by atoms with Crippen LogP contribution in [0.3, 0.4) is 0 Å². The molecule has 0 aliphatic rings. The lowest BCUT2D eigenvalue weighted by atomic mass is 10.1. The molecule has 3 aromatic rings. The summed E-state index contributed by atoms with van der Waals surface area (Å²) in [7, 11) is 0. The molecule has 0 aliphatic heterocycles. The first-order valence-electron chi connectivity index (χ1n) is 6.46. The Morgan fingerprint density at radius 1 is 1.05 bits per heavy atom. The van der Waals surface area contributed by atoms with Crippen LogP contribution >= 0.6 is 0 Å². The highest BCUT2D eigenvalue weighted by molar-refractivity contribution is 5.94. The van der Waals surface area contributed by atoms with Crippen molar-refractivity contribution in [3.05, 3.63) is 66.2 Å². The van der Waals surface area contributed by atoms with E-state index in [-0.39, 0.29) is 18.1 Å². The quantitative estimate of drug-likeness (QED) is 0.803. The van der Waals surface area contributed by atoms with Crippen molar-refractivity contribution in [2.24, 2.45) is 0 Å². The van der Waals surface area contributed by atoms with Gasteiger partial charge in [0.05, 0.1) is 17.5 Å². The summed E-state index contributed by atoms with van der Waals surface area (Å²) in [6.45, 7) is 0. The van der Waals surface area contributed by atoms with Crippen LogP contribution in [0, 0.1) is 5.82 Å². The van der Waals surface area contributed by atoms with Gasteiger partial charge in [0.1, 0.15) is 5.82 Å². The molecule has 21 heavy (non-hydrogen) atoms. The highest BCUT2D eigenvalue weighted by Gasteiger charge is 2.08. The van der Waals surface area contributed by atoms with E-state index in [1.54, 1.807) is 48.8 Å². The van der Waals surface area contributed by atoms with Gasteiger partial charge in [0.2, 0.25) is 5.91 Å². The molecule has 1 aromatic heterocycles. The van der Waals surface area contributed by atoms with Gasteiger partial charge in [-0.05, 0) is 29.8 Å². The van der Waals surface area contributed by atoms with Crippen LogP contribution in [0.15, 0.2) is 54.9 Å². The van der Waals surface area contributed by atoms with Gasteiger partial charge in [-0.3, -0.25) is 14.8 Å². The molecule has 5 heteroatoms. The van der Waals surface area contributed by atoms with E-state index in [0.717, 1.165) is 5.52 Å². The third-order valence-electron chi connectivity index (χ3n) is 3.06. The summed E-state index contributed by atoms with van der Waals surface area (Å²) in [4.78, 5) is 20.3. The van der Waals surface area contributed by atoms with Crippen molar-refractivity contribution in [1.82, 2.24) is 9.97 Å². The SMILES string of the molecule is O=C(Cc1ccccc1F)Nc1ccc2nccnc2c1. The molecule has 0 bridgehead atoms. The van der Waals surface area contributed by atoms with Gasteiger partial charge in [-0.2, -0.15) is 0 Å². The van der Waals surface area contributed by atoms with Crippen molar-refractivity contribution < 1.29 is 9.18 Å². The van der Waals surface area contributed by atoms with Gasteiger partial charge < -0.3 is 5.32 Å². The zero-order valence-electron chi connectivity index (χ0n) is 11.1. The van der Waals surface area contributed by atoms with Gasteiger partial charge in [0, 0.05) is 18.1 Å². The normalized spacial score (nSPS) is 10.5. The first-order chi connectivity index (χ1) is 10.2. The maximum Gasteiger partial charge on any atom is 0.228 e. The fraction of sp³-hybridized carbons (Fsp3) is 0.0625. The number of amides is 1. The Labute approximate surface area is 120 Å². The Morgan fingerprint density at radius 2 is 1.81 bits per heavy atom. The summed E-state index contributed by atoms with van der Waals surface area (Å²) < 4.78 is 13.5. The Balaban J connectivity index is 1.75. The second-order valence-electron chi connectivity index (χ2n) is 4.58. The van der Waals surface area contributed by atoms with Crippen LogP contribution in [-0.2, 0) is 11.2 Å². The average Bonchev–Trinajstić information content (AvgIpc) is 2.49. The Hall–Kier alpha value is -2.82. The molecular weight excluding hydrogens is 269 g/mol. The summed E-state index contributed by atoms with van der Waals surface area (Å²) in [6.07, 6.45) is 3.19. The largest absolute Gasteiger partial charge is 0.326 e. The van der Waals surface area contributed by atoms with E-state index in [2.05, 4.69) is 15.3 Å². The third kappa shape index (κ3) is 3.02. The highest BCUT2D eigenvalue weighted by atomic mass is 19.1. The second-order valence-corrected chi connectivity index (χ2v) is 4.58. The number of hydrogen-bond acceptors (Lipinski definition) is 3. The molecule has 4 nitrogen and oxygen atoms in total. The molecule has 1 amide bonds. The first kappa shape index (κ1) is 13.2. The number of carbonyl (C=O) groups is 1. The molecule has 0 spiro atoms. The minimum Gasteiger partial charge on any atom is -0.326 e. The highest BCUT2D eigenvalue weighted by Crippen LogP contribution is 2.15. The maximum absolute atomic E-state index is 13.5. The Kier molecular flexibility index (Phi) is 3.55. The molecule has 2 aromatic carbocycles. The van der Waals surface area contributed by atoms with E-state index in [1.807, 2.05) is 0 Å². The summed E-state index contributed by atoms with van der Waals surface area (Å²) in [5.41, 5.74) is 2.44. The summed E-state index contributed by atoms with van der Waals surface area (Å²) in [5, 5.41) is 2.74. The van der Waals surface area contributed by atoms with E-state index < -0.39 is 0 Å². The van der Waals surface area contributed by atoms with Crippen molar-refractivity contribution in [1.29, 1.82) is 0 Å². The van der Waals surface area contributed by atoms with Gasteiger partial charge >= 0.3 is 0 Å². The number of anilines is 1. The van der Waals surface area contributed by atoms with Gasteiger partial charge in [-0.1, -0.05) is 18.2 Å². The molecule has 0 atom stereocenters. The number of nitrogens with one attached hydrogen (secondary N) is 1. The monoisotopic (exact) mass is 281 g/mol. The molecule has 0 radical (unpaired) electrons. The molecule has 0 fully saturated rings. The number of carbonyl (C=O) groups excluding carboxylic acids is 1. The number of nitrogens with zero attached hydrogens (tertiary/aromatic N) is 2. The fourth-order valence-electron chi connectivity index (χ4n) is 2.06. The molecule has 0 aliphatic carbocycles. The van der Waals surface area contributed by atoms with Gasteiger partial charge in [-0.25, -0.2) is 4.39 Å². The lowest BCUT2D eigenvalue weighted by molar-refractivity contribution is -0.115. The Morgan fingerprint density at radius 3 is 2.62 bits per heavy atom. The van der Waals surface area contributed by atoms with Crippen molar-refractivity contribution in [2.75, 3.05) is 5.32 Å². The summed E-state index contributed by atoms with van der Waals surface area (Å²) in [6, 6.07) is 11.5. The van der Waals surface area contributed by atoms with Crippen molar-refractivity contribution in [3.63, 3.8) is 0 Å². The Bertz CT molecular complexity index is 804. The minimum absolute atomic E-state index is 0.00875. The van der Waals surface area contributed by atoms with Gasteiger partial charge in [-0.15, -0.1) is 0 Å². The van der Waals surface area contributed by atoms with Crippen LogP contribution in [0.1, 0.15) is 5.56 Å². The van der Waals surface area contributed by atoms with Crippen LogP contribution < -0.4 is 5.32 Å². The lowest BCUT2D eigenvalue weighted by Crippen LogP contribution is -2.15. The molecule has 0 unspecified atom stereocenters. The molecule has 104 valence electrons. The first-order valence-corrected chi connectivity index (χ1v) is 6.46. The van der Waals surface area contributed by atoms with Crippen LogP contribution in [-0.4, -0.2) is 15.9 Å². The van der Waals surface area contributed by atoms with Crippen molar-refractivity contribution in [3.8, 4) is 0 Å². The van der Waals surface area contributed by atoms with Gasteiger partial charge in [0.15, 0.2) is 0 Å². The number of aromatic nitrogens is 2. The summed E-state index contributed by atoms with van der Waals surface area (Å²) in [5.74, 6) is -0.652. The van der Waals surface area contributed by atoms with Crippen LogP contribution in [0.5, 0.6) is 0 Å². The van der Waals surface area contributed by atoms with E-state index >= 15 is 0 Å². The molecule has 3 rings (SSSR count). The topological polar surface area (TPSA) is 54.9 Å². The number of hydrogen-bond donors (Lipinski definition) is 1. The molecule has 1 N–H and O–H groups in total. The predicted molar refractivity (Wildman–Crippen MR) is 78.3 cm³/mol. The molecule has 0 saturated heterocycles. The minimum atomic E-state index is -0.378. The van der Waals surface area contributed by atoms with Crippen molar-refractivity contribution in [2.45, 2.75) is 6.42 Å². The number of rotatable bonds is 3. The standard InChI is InChI=1S/C16H12FN3O/c17-13-4-2-1-3-11(13)9-16(21)20-12-5-6-14-15(10-12)19-8-7-18-14/h1-8,10H,9H2,(H,20,21). The average molecular weight is 281 g/mol. The maximum atomic E-state index is 13.5. The van der Waals surface area contributed by atoms with E-state index in [4.69, 9.17) is 0 Å².